The van der Waals surface area contributed by atoms with Gasteiger partial charge in [0, 0.05) is 22.9 Å². The Morgan fingerprint density at radius 3 is 1.83 bits per heavy atom. The van der Waals surface area contributed by atoms with Gasteiger partial charge in [-0.2, -0.15) is 0 Å². The Labute approximate surface area is 128 Å². The molecule has 0 N–H and O–H groups in total. The molecule has 1 nitrogen and oxygen atoms in total. The van der Waals surface area contributed by atoms with Crippen LogP contribution in [0.3, 0.4) is 0 Å². The number of hydrogen-bond donors (Lipinski definition) is 0. The van der Waals surface area contributed by atoms with Gasteiger partial charge in [0.25, 0.3) is 0 Å². The van der Waals surface area contributed by atoms with Crippen molar-refractivity contribution in [3.05, 3.63) is 77.7 Å². The van der Waals surface area contributed by atoms with E-state index in [1.54, 1.807) is 0 Å². The molecule has 1 aromatic heterocycles. The van der Waals surface area contributed by atoms with E-state index in [0.29, 0.717) is 0 Å². The van der Waals surface area contributed by atoms with Crippen molar-refractivity contribution in [3.8, 4) is 22.4 Å². The summed E-state index contributed by atoms with van der Waals surface area (Å²) in [7, 11) is 0. The van der Waals surface area contributed by atoms with Gasteiger partial charge in [0.2, 0.25) is 0 Å². The molecule has 0 aliphatic heterocycles. The molecule has 0 saturated carbocycles. The maximum atomic E-state index is 14.2. The summed E-state index contributed by atoms with van der Waals surface area (Å²) in [6.07, 6.45) is 1.07. The Morgan fingerprint density at radius 2 is 1.22 bits per heavy atom. The topological polar surface area (TPSA) is 12.9 Å². The number of pyridine rings is 1. The van der Waals surface area contributed by atoms with Crippen LogP contribution in [-0.2, 0) is 0 Å². The zero-order valence-electron chi connectivity index (χ0n) is 11.5. The lowest BCUT2D eigenvalue weighted by atomic mass is 10.0. The molecule has 116 valence electrons. The Morgan fingerprint density at radius 1 is 0.652 bits per heavy atom. The summed E-state index contributed by atoms with van der Waals surface area (Å²) in [6.45, 7) is 0. The molecule has 0 bridgehead atoms. The first-order chi connectivity index (χ1) is 11.0. The number of aromatic nitrogens is 1. The van der Waals surface area contributed by atoms with E-state index in [2.05, 4.69) is 4.98 Å². The third-order valence-electron chi connectivity index (χ3n) is 3.31. The van der Waals surface area contributed by atoms with Gasteiger partial charge >= 0.3 is 0 Å². The average Bonchev–Trinajstić information content (AvgIpc) is 2.53. The Balaban J connectivity index is 2.12. The molecule has 3 aromatic rings. The Kier molecular flexibility index (Phi) is 3.82. The highest BCUT2D eigenvalue weighted by atomic mass is 19.2. The largest absolute Gasteiger partial charge is 0.252 e. The third kappa shape index (κ3) is 2.67. The maximum absolute atomic E-state index is 14.2. The van der Waals surface area contributed by atoms with Gasteiger partial charge in [-0.05, 0) is 24.3 Å². The molecule has 2 aromatic carbocycles. The highest BCUT2D eigenvalue weighted by Gasteiger charge is 2.17. The van der Waals surface area contributed by atoms with Crippen molar-refractivity contribution >= 4 is 0 Å². The number of rotatable bonds is 2. The van der Waals surface area contributed by atoms with Crippen LogP contribution in [0, 0.1) is 29.1 Å². The van der Waals surface area contributed by atoms with Crippen LogP contribution in [0.2, 0.25) is 0 Å². The minimum absolute atomic E-state index is 0.0138. The molecule has 23 heavy (non-hydrogen) atoms. The monoisotopic (exact) mass is 321 g/mol. The standard InChI is InChI=1S/C17H8F5N/c18-12-5-1-3-10(15(12)21)9-7-14(20)17(23-8-9)11-4-2-6-13(19)16(11)22/h1-8H. The van der Waals surface area contributed by atoms with E-state index < -0.39 is 34.8 Å². The summed E-state index contributed by atoms with van der Waals surface area (Å²) in [4.78, 5) is 3.73. The van der Waals surface area contributed by atoms with E-state index in [4.69, 9.17) is 0 Å². The molecule has 0 atom stereocenters. The number of nitrogens with zero attached hydrogens (tertiary/aromatic N) is 1. The van der Waals surface area contributed by atoms with Crippen LogP contribution in [0.4, 0.5) is 22.0 Å². The van der Waals surface area contributed by atoms with Crippen molar-refractivity contribution in [1.82, 2.24) is 4.98 Å². The first-order valence-corrected chi connectivity index (χ1v) is 6.53. The average molecular weight is 321 g/mol. The van der Waals surface area contributed by atoms with Gasteiger partial charge in [-0.15, -0.1) is 0 Å². The first-order valence-electron chi connectivity index (χ1n) is 6.53. The number of halogens is 5. The van der Waals surface area contributed by atoms with Crippen molar-refractivity contribution in [2.45, 2.75) is 0 Å². The van der Waals surface area contributed by atoms with E-state index in [1.165, 1.54) is 24.3 Å². The fourth-order valence-electron chi connectivity index (χ4n) is 2.20. The lowest BCUT2D eigenvalue weighted by Gasteiger charge is -2.08. The normalized spacial score (nSPS) is 10.8. The minimum atomic E-state index is -1.23. The summed E-state index contributed by atoms with van der Waals surface area (Å²) < 4.78 is 68.1. The van der Waals surface area contributed by atoms with Gasteiger partial charge in [0.1, 0.15) is 11.5 Å². The summed E-state index contributed by atoms with van der Waals surface area (Å²) in [5.41, 5.74) is -0.959. The predicted octanol–water partition coefficient (Wildman–Crippen LogP) is 5.11. The van der Waals surface area contributed by atoms with E-state index in [-0.39, 0.29) is 16.7 Å². The van der Waals surface area contributed by atoms with Gasteiger partial charge < -0.3 is 0 Å². The van der Waals surface area contributed by atoms with Crippen LogP contribution in [0.25, 0.3) is 22.4 Å². The smallest absolute Gasteiger partial charge is 0.168 e. The van der Waals surface area contributed by atoms with Gasteiger partial charge in [-0.25, -0.2) is 22.0 Å². The fourth-order valence-corrected chi connectivity index (χ4v) is 2.20. The summed E-state index contributed by atoms with van der Waals surface area (Å²) in [5.74, 6) is -5.57. The molecule has 0 amide bonds. The van der Waals surface area contributed by atoms with Gasteiger partial charge in [0.05, 0.1) is 0 Å². The Hall–Kier alpha value is -2.76. The van der Waals surface area contributed by atoms with Crippen molar-refractivity contribution in [2.24, 2.45) is 0 Å². The van der Waals surface area contributed by atoms with E-state index in [9.17, 15) is 22.0 Å². The fraction of sp³-hybridized carbons (Fsp3) is 0. The molecule has 0 fully saturated rings. The molecule has 0 saturated heterocycles. The molecule has 0 aliphatic rings. The highest BCUT2D eigenvalue weighted by Crippen LogP contribution is 2.29. The summed E-state index contributed by atoms with van der Waals surface area (Å²) in [5, 5.41) is 0. The van der Waals surface area contributed by atoms with Crippen LogP contribution >= 0.6 is 0 Å². The number of hydrogen-bond acceptors (Lipinski definition) is 1. The lowest BCUT2D eigenvalue weighted by molar-refractivity contribution is 0.509. The summed E-state index contributed by atoms with van der Waals surface area (Å²) >= 11 is 0. The lowest BCUT2D eigenvalue weighted by Crippen LogP contribution is -1.97. The second-order valence-electron chi connectivity index (χ2n) is 4.76. The third-order valence-corrected chi connectivity index (χ3v) is 3.31. The van der Waals surface area contributed by atoms with Crippen molar-refractivity contribution < 1.29 is 22.0 Å². The molecule has 0 unspecified atom stereocenters. The van der Waals surface area contributed by atoms with E-state index >= 15 is 0 Å². The first kappa shape index (κ1) is 15.1. The van der Waals surface area contributed by atoms with Crippen LogP contribution in [0.5, 0.6) is 0 Å². The quantitative estimate of drug-likeness (QED) is 0.598. The second kappa shape index (κ2) is 5.79. The Bertz CT molecular complexity index is 892. The van der Waals surface area contributed by atoms with Crippen LogP contribution in [-0.4, -0.2) is 4.98 Å². The molecule has 6 heteroatoms. The zero-order chi connectivity index (χ0) is 16.6. The van der Waals surface area contributed by atoms with E-state index in [0.717, 1.165) is 24.4 Å². The maximum Gasteiger partial charge on any atom is 0.168 e. The molecule has 3 rings (SSSR count). The minimum Gasteiger partial charge on any atom is -0.252 e. The highest BCUT2D eigenvalue weighted by molar-refractivity contribution is 5.68. The van der Waals surface area contributed by atoms with Crippen LogP contribution in [0.1, 0.15) is 0 Å². The van der Waals surface area contributed by atoms with Crippen molar-refractivity contribution in [1.29, 1.82) is 0 Å². The molecular formula is C17H8F5N. The molecule has 1 heterocycles. The SMILES string of the molecule is Fc1cc(-c2cccc(F)c2F)cnc1-c1cccc(F)c1F. The predicted molar refractivity (Wildman–Crippen MR) is 74.9 cm³/mol. The van der Waals surface area contributed by atoms with Crippen molar-refractivity contribution in [2.75, 3.05) is 0 Å². The molecule has 0 radical (unpaired) electrons. The van der Waals surface area contributed by atoms with Gasteiger partial charge in [-0.3, -0.25) is 4.98 Å². The van der Waals surface area contributed by atoms with Crippen LogP contribution < -0.4 is 0 Å². The molecule has 0 spiro atoms. The number of benzene rings is 2. The van der Waals surface area contributed by atoms with E-state index in [1.807, 2.05) is 0 Å². The van der Waals surface area contributed by atoms with Gasteiger partial charge in [-0.1, -0.05) is 18.2 Å². The molecular weight excluding hydrogens is 313 g/mol. The zero-order valence-corrected chi connectivity index (χ0v) is 11.5. The molecule has 0 aliphatic carbocycles. The summed E-state index contributed by atoms with van der Waals surface area (Å²) in [6, 6.07) is 7.64. The van der Waals surface area contributed by atoms with Crippen molar-refractivity contribution in [3.63, 3.8) is 0 Å². The van der Waals surface area contributed by atoms with Crippen LogP contribution in [0.15, 0.2) is 48.7 Å². The van der Waals surface area contributed by atoms with Gasteiger partial charge in [0.15, 0.2) is 23.3 Å². The second-order valence-corrected chi connectivity index (χ2v) is 4.76.